The molecule has 4 saturated carbocycles. The van der Waals surface area contributed by atoms with Crippen molar-refractivity contribution in [3.8, 4) is 0 Å². The SMILES string of the molecule is CC(C)N1CC2CCCC2C1.CC(C)NC(=O)NCC1CCC1.CC(C)NC1CCCCC1.CC(C)NC1CNC1.CC(C)NCC1CCC1.[HH].[HH].[HH].[HH].[HH]. The molecular weight excluding hydrogens is 619 g/mol. The monoisotopic (exact) mass is 716 g/mol. The number of rotatable bonds is 11. The summed E-state index contributed by atoms with van der Waals surface area (Å²) in [6.07, 6.45) is 19.9. The number of carbonyl (C=O) groups is 1. The van der Waals surface area contributed by atoms with Crippen molar-refractivity contribution in [3.63, 3.8) is 0 Å². The zero-order valence-electron chi connectivity index (χ0n) is 34.8. The largest absolute Gasteiger partial charge is 0.338 e. The fraction of sp³-hybridized carbons (Fsp3) is 0.976. The number of hydrogen-bond donors (Lipinski definition) is 6. The summed E-state index contributed by atoms with van der Waals surface area (Å²) in [5, 5.41) is 19.3. The number of likely N-dealkylation sites (tertiary alicyclic amines) is 1. The molecule has 8 heteroatoms. The maximum Gasteiger partial charge on any atom is 0.314 e. The summed E-state index contributed by atoms with van der Waals surface area (Å²) in [5.41, 5.74) is 0. The first-order valence-electron chi connectivity index (χ1n) is 21.6. The van der Waals surface area contributed by atoms with E-state index < -0.39 is 0 Å². The lowest BCUT2D eigenvalue weighted by molar-refractivity contribution is 0.230. The van der Waals surface area contributed by atoms with Gasteiger partial charge in [0.2, 0.25) is 0 Å². The Hall–Kier alpha value is -0.930. The Morgan fingerprint density at radius 2 is 1.10 bits per heavy atom. The zero-order valence-corrected chi connectivity index (χ0v) is 34.8. The van der Waals surface area contributed by atoms with Crippen LogP contribution in [0.4, 0.5) is 4.79 Å². The Balaban J connectivity index is -0.000000291. The molecule has 2 amide bonds. The van der Waals surface area contributed by atoms with Gasteiger partial charge in [-0.05, 0) is 109 Å². The molecule has 6 fully saturated rings. The van der Waals surface area contributed by atoms with E-state index >= 15 is 0 Å². The molecule has 2 heterocycles. The van der Waals surface area contributed by atoms with Gasteiger partial charge in [-0.1, -0.05) is 80.1 Å². The van der Waals surface area contributed by atoms with Crippen LogP contribution in [-0.4, -0.2) is 92.5 Å². The molecule has 6 aliphatic rings. The third kappa shape index (κ3) is 20.9. The Labute approximate surface area is 318 Å². The molecule has 6 rings (SSSR count). The van der Waals surface area contributed by atoms with Crippen LogP contribution in [0, 0.1) is 23.7 Å². The number of nitrogens with one attached hydrogen (secondary N) is 6. The van der Waals surface area contributed by atoms with E-state index in [4.69, 9.17) is 0 Å². The summed E-state index contributed by atoms with van der Waals surface area (Å²) in [5.74, 6) is 3.88. The molecule has 2 aliphatic heterocycles. The predicted octanol–water partition coefficient (Wildman–Crippen LogP) is 8.91. The Kier molecular flexibility index (Phi) is 23.5. The lowest BCUT2D eigenvalue weighted by atomic mass is 9.85. The third-order valence-corrected chi connectivity index (χ3v) is 11.2. The number of urea groups is 1. The molecule has 2 unspecified atom stereocenters. The summed E-state index contributed by atoms with van der Waals surface area (Å²) in [6.45, 7) is 29.0. The average molecular weight is 716 g/mol. The molecule has 2 saturated heterocycles. The molecule has 0 bridgehead atoms. The first kappa shape index (κ1) is 45.2. The lowest BCUT2D eigenvalue weighted by Crippen LogP contribution is -2.57. The van der Waals surface area contributed by atoms with Crippen molar-refractivity contribution >= 4 is 6.03 Å². The Bertz CT molecular complexity index is 844. The molecule has 0 spiro atoms. The fourth-order valence-electron chi connectivity index (χ4n) is 7.66. The fourth-order valence-corrected chi connectivity index (χ4v) is 7.66. The quantitative estimate of drug-likeness (QED) is 0.128. The highest BCUT2D eigenvalue weighted by atomic mass is 16.2. The van der Waals surface area contributed by atoms with Crippen LogP contribution in [0.2, 0.25) is 0 Å². The maximum atomic E-state index is 11.1. The Morgan fingerprint density at radius 1 is 0.600 bits per heavy atom. The standard InChI is InChI=1S/C10H19N.C9H18N2O.C9H19N.C8H17N.C6H14N2.5H2/c1-8(2)11-6-9-4-3-5-10(9)7-11;1-7(2)11-9(12)10-6-8-4-3-5-8;1-8(2)10-9-6-4-3-5-7-9;1-7(2)9-6-8-4-3-5-8;1-5(2)8-6-3-7-4-6;;;;;/h8-10H,3-7H2,1-2H3;7-8H,3-6H2,1-2H3,(H2,10,11,12);8-10H,3-7H2,1-2H3;7-9H,3-6H2,1-2H3;5-8H,3-4H2,1-2H3;5*1H. The summed E-state index contributed by atoms with van der Waals surface area (Å²) < 4.78 is 0. The summed E-state index contributed by atoms with van der Waals surface area (Å²) in [6, 6.07) is 4.53. The van der Waals surface area contributed by atoms with E-state index in [-0.39, 0.29) is 19.2 Å². The van der Waals surface area contributed by atoms with Gasteiger partial charge >= 0.3 is 6.03 Å². The maximum absolute atomic E-state index is 11.1. The van der Waals surface area contributed by atoms with Gasteiger partial charge < -0.3 is 36.8 Å². The zero-order chi connectivity index (χ0) is 36.9. The van der Waals surface area contributed by atoms with Gasteiger partial charge in [0.1, 0.15) is 0 Å². The minimum atomic E-state index is -0.0306. The molecule has 50 heavy (non-hydrogen) atoms. The normalized spacial score (nSPS) is 24.1. The van der Waals surface area contributed by atoms with Gasteiger partial charge in [0, 0.05) is 82.1 Å². The van der Waals surface area contributed by atoms with Crippen LogP contribution in [0.15, 0.2) is 0 Å². The van der Waals surface area contributed by atoms with E-state index in [2.05, 4.69) is 92.2 Å². The summed E-state index contributed by atoms with van der Waals surface area (Å²) in [4.78, 5) is 13.7. The highest BCUT2D eigenvalue weighted by molar-refractivity contribution is 5.74. The van der Waals surface area contributed by atoms with Gasteiger partial charge in [0.05, 0.1) is 0 Å². The minimum Gasteiger partial charge on any atom is -0.338 e. The molecule has 0 aromatic carbocycles. The minimum absolute atomic E-state index is 0. The topological polar surface area (TPSA) is 92.5 Å². The van der Waals surface area contributed by atoms with Crippen LogP contribution in [0.3, 0.4) is 0 Å². The van der Waals surface area contributed by atoms with E-state index in [0.29, 0.717) is 18.1 Å². The Morgan fingerprint density at radius 3 is 1.48 bits per heavy atom. The van der Waals surface area contributed by atoms with Crippen molar-refractivity contribution in [1.29, 1.82) is 0 Å². The van der Waals surface area contributed by atoms with E-state index in [1.165, 1.54) is 110 Å². The van der Waals surface area contributed by atoms with E-state index in [1.54, 1.807) is 0 Å². The van der Waals surface area contributed by atoms with Crippen LogP contribution < -0.4 is 31.9 Å². The smallest absolute Gasteiger partial charge is 0.314 e. The van der Waals surface area contributed by atoms with Crippen molar-refractivity contribution in [3.05, 3.63) is 0 Å². The van der Waals surface area contributed by atoms with Crippen LogP contribution in [0.1, 0.15) is 166 Å². The predicted molar refractivity (Wildman–Crippen MR) is 228 cm³/mol. The van der Waals surface area contributed by atoms with Gasteiger partial charge in [-0.2, -0.15) is 0 Å². The second kappa shape index (κ2) is 25.9. The van der Waals surface area contributed by atoms with Crippen LogP contribution in [-0.2, 0) is 0 Å². The molecule has 0 aromatic rings. The number of nitrogens with zero attached hydrogens (tertiary/aromatic N) is 1. The number of carbonyl (C=O) groups excluding carboxylic acids is 1. The molecule has 2 atom stereocenters. The van der Waals surface area contributed by atoms with Crippen molar-refractivity contribution in [2.45, 2.75) is 201 Å². The summed E-state index contributed by atoms with van der Waals surface area (Å²) >= 11 is 0. The molecule has 0 aromatic heterocycles. The van der Waals surface area contributed by atoms with Crippen molar-refractivity contribution in [2.24, 2.45) is 23.7 Å². The molecule has 306 valence electrons. The van der Waals surface area contributed by atoms with Gasteiger partial charge in [-0.25, -0.2) is 4.79 Å². The third-order valence-electron chi connectivity index (χ3n) is 11.2. The van der Waals surface area contributed by atoms with E-state index in [0.717, 1.165) is 61.4 Å². The molecule has 4 aliphatic carbocycles. The van der Waals surface area contributed by atoms with Gasteiger partial charge in [-0.3, -0.25) is 0 Å². The highest BCUT2D eigenvalue weighted by Gasteiger charge is 2.36. The second-order valence-electron chi connectivity index (χ2n) is 18.0. The second-order valence-corrected chi connectivity index (χ2v) is 18.0. The van der Waals surface area contributed by atoms with Gasteiger partial charge in [0.25, 0.3) is 0 Å². The molecule has 6 N–H and O–H groups in total. The lowest BCUT2D eigenvalue weighted by Gasteiger charge is -2.29. The van der Waals surface area contributed by atoms with Crippen LogP contribution in [0.25, 0.3) is 0 Å². The number of hydrogen-bond acceptors (Lipinski definition) is 6. The first-order valence-corrected chi connectivity index (χ1v) is 21.6. The molecular formula is C42H97N7O. The molecule has 8 nitrogen and oxygen atoms in total. The first-order chi connectivity index (χ1) is 23.8. The number of amides is 2. The summed E-state index contributed by atoms with van der Waals surface area (Å²) in [7, 11) is 0. The average Bonchev–Trinajstić information content (AvgIpc) is 3.58. The van der Waals surface area contributed by atoms with Crippen molar-refractivity contribution < 1.29 is 11.9 Å². The van der Waals surface area contributed by atoms with Crippen LogP contribution in [0.5, 0.6) is 0 Å². The van der Waals surface area contributed by atoms with Crippen LogP contribution >= 0.6 is 0 Å². The van der Waals surface area contributed by atoms with E-state index in [1.807, 2.05) is 13.8 Å². The van der Waals surface area contributed by atoms with Crippen molar-refractivity contribution in [2.75, 3.05) is 39.3 Å². The van der Waals surface area contributed by atoms with Gasteiger partial charge in [-0.15, -0.1) is 0 Å². The van der Waals surface area contributed by atoms with Gasteiger partial charge in [0.15, 0.2) is 0 Å². The van der Waals surface area contributed by atoms with E-state index in [9.17, 15) is 4.79 Å². The molecule has 0 radical (unpaired) electrons. The number of fused-ring (bicyclic) bond motifs is 1. The highest BCUT2D eigenvalue weighted by Crippen LogP contribution is 2.38. The van der Waals surface area contributed by atoms with Crippen molar-refractivity contribution in [1.82, 2.24) is 36.8 Å².